The Morgan fingerprint density at radius 1 is 1.55 bits per heavy atom. The van der Waals surface area contributed by atoms with Crippen molar-refractivity contribution in [3.63, 3.8) is 0 Å². The molecule has 7 heteroatoms. The molecular weight excluding hydrogens is 296 g/mol. The molecule has 1 aromatic heterocycles. The van der Waals surface area contributed by atoms with Crippen LogP contribution in [0, 0.1) is 0 Å². The zero-order valence-corrected chi connectivity index (χ0v) is 13.2. The van der Waals surface area contributed by atoms with Gasteiger partial charge in [0.05, 0.1) is 6.26 Å². The van der Waals surface area contributed by atoms with E-state index in [-0.39, 0.29) is 11.9 Å². The first-order valence-corrected chi connectivity index (χ1v) is 9.45. The SMILES string of the molecule is CS(=O)(=O)N1CCCC1CNC(=O)CCc1cccs1. The van der Waals surface area contributed by atoms with E-state index < -0.39 is 10.0 Å². The fourth-order valence-corrected chi connectivity index (χ4v) is 4.35. The fourth-order valence-electron chi connectivity index (χ4n) is 2.46. The molecule has 1 aromatic rings. The molecule has 20 heavy (non-hydrogen) atoms. The molecule has 1 N–H and O–H groups in total. The molecule has 2 rings (SSSR count). The van der Waals surface area contributed by atoms with E-state index in [4.69, 9.17) is 0 Å². The number of carbonyl (C=O) groups is 1. The Balaban J connectivity index is 1.75. The summed E-state index contributed by atoms with van der Waals surface area (Å²) in [6.45, 7) is 0.977. The standard InChI is InChI=1S/C13H20N2O3S2/c1-20(17,18)15-8-2-4-11(15)10-14-13(16)7-6-12-5-3-9-19-12/h3,5,9,11H,2,4,6-8,10H2,1H3,(H,14,16). The van der Waals surface area contributed by atoms with Gasteiger partial charge in [0.2, 0.25) is 15.9 Å². The highest BCUT2D eigenvalue weighted by Crippen LogP contribution is 2.19. The van der Waals surface area contributed by atoms with Gasteiger partial charge in [0, 0.05) is 30.4 Å². The number of aryl methyl sites for hydroxylation is 1. The number of nitrogens with zero attached hydrogens (tertiary/aromatic N) is 1. The first-order chi connectivity index (χ1) is 9.47. The van der Waals surface area contributed by atoms with Crippen molar-refractivity contribution in [3.05, 3.63) is 22.4 Å². The van der Waals surface area contributed by atoms with Gasteiger partial charge in [-0.3, -0.25) is 4.79 Å². The molecule has 1 amide bonds. The monoisotopic (exact) mass is 316 g/mol. The highest BCUT2D eigenvalue weighted by molar-refractivity contribution is 7.88. The van der Waals surface area contributed by atoms with Gasteiger partial charge in [-0.15, -0.1) is 11.3 Å². The molecule has 0 saturated carbocycles. The summed E-state index contributed by atoms with van der Waals surface area (Å²) in [5, 5.41) is 4.84. The van der Waals surface area contributed by atoms with E-state index >= 15 is 0 Å². The van der Waals surface area contributed by atoms with Crippen LogP contribution >= 0.6 is 11.3 Å². The van der Waals surface area contributed by atoms with E-state index in [0.29, 0.717) is 19.5 Å². The highest BCUT2D eigenvalue weighted by atomic mass is 32.2. The Labute approximate surface area is 124 Å². The molecular formula is C13H20N2O3S2. The van der Waals surface area contributed by atoms with E-state index in [1.54, 1.807) is 11.3 Å². The van der Waals surface area contributed by atoms with Crippen LogP contribution in [0.4, 0.5) is 0 Å². The molecule has 0 aliphatic carbocycles. The van der Waals surface area contributed by atoms with Gasteiger partial charge in [0.25, 0.3) is 0 Å². The molecule has 1 aliphatic heterocycles. The second-order valence-electron chi connectivity index (χ2n) is 5.05. The van der Waals surface area contributed by atoms with Gasteiger partial charge in [0.1, 0.15) is 0 Å². The van der Waals surface area contributed by atoms with Crippen molar-refractivity contribution in [1.29, 1.82) is 0 Å². The fraction of sp³-hybridized carbons (Fsp3) is 0.615. The third-order valence-electron chi connectivity index (χ3n) is 3.46. The topological polar surface area (TPSA) is 66.5 Å². The lowest BCUT2D eigenvalue weighted by atomic mass is 10.2. The van der Waals surface area contributed by atoms with Crippen LogP contribution in [-0.4, -0.2) is 44.0 Å². The maximum absolute atomic E-state index is 11.8. The van der Waals surface area contributed by atoms with Gasteiger partial charge in [-0.2, -0.15) is 4.31 Å². The number of nitrogens with one attached hydrogen (secondary N) is 1. The van der Waals surface area contributed by atoms with Crippen LogP contribution in [0.5, 0.6) is 0 Å². The van der Waals surface area contributed by atoms with Crippen LogP contribution < -0.4 is 5.32 Å². The van der Waals surface area contributed by atoms with E-state index in [1.807, 2.05) is 17.5 Å². The summed E-state index contributed by atoms with van der Waals surface area (Å²) in [7, 11) is -3.16. The molecule has 0 bridgehead atoms. The number of carbonyl (C=O) groups excluding carboxylic acids is 1. The molecule has 5 nitrogen and oxygen atoms in total. The molecule has 1 atom stereocenters. The van der Waals surface area contributed by atoms with Crippen molar-refractivity contribution in [1.82, 2.24) is 9.62 Å². The lowest BCUT2D eigenvalue weighted by Crippen LogP contribution is -2.42. The van der Waals surface area contributed by atoms with Crippen molar-refractivity contribution in [3.8, 4) is 0 Å². The molecule has 112 valence electrons. The van der Waals surface area contributed by atoms with E-state index in [9.17, 15) is 13.2 Å². The molecule has 1 saturated heterocycles. The summed E-state index contributed by atoms with van der Waals surface area (Å²) in [5.74, 6) is -0.0150. The minimum absolute atomic E-state index is 0.0150. The molecule has 2 heterocycles. The van der Waals surface area contributed by atoms with E-state index in [0.717, 1.165) is 19.3 Å². The molecule has 0 aromatic carbocycles. The van der Waals surface area contributed by atoms with Crippen molar-refractivity contribution >= 4 is 27.3 Å². The van der Waals surface area contributed by atoms with Crippen LogP contribution in [0.2, 0.25) is 0 Å². The molecule has 1 unspecified atom stereocenters. The third-order valence-corrected chi connectivity index (χ3v) is 5.73. The van der Waals surface area contributed by atoms with E-state index in [2.05, 4.69) is 5.32 Å². The van der Waals surface area contributed by atoms with Crippen LogP contribution in [0.15, 0.2) is 17.5 Å². The van der Waals surface area contributed by atoms with Crippen molar-refractivity contribution < 1.29 is 13.2 Å². The van der Waals surface area contributed by atoms with Crippen molar-refractivity contribution in [2.45, 2.75) is 31.7 Å². The number of hydrogen-bond acceptors (Lipinski definition) is 4. The molecule has 1 aliphatic rings. The summed E-state index contributed by atoms with van der Waals surface area (Å²) in [6.07, 6.45) is 4.10. The first-order valence-electron chi connectivity index (χ1n) is 6.73. The van der Waals surface area contributed by atoms with Crippen LogP contribution in [-0.2, 0) is 21.2 Å². The minimum Gasteiger partial charge on any atom is -0.354 e. The van der Waals surface area contributed by atoms with Crippen molar-refractivity contribution in [2.24, 2.45) is 0 Å². The average molecular weight is 316 g/mol. The quantitative estimate of drug-likeness (QED) is 0.858. The molecule has 0 spiro atoms. The van der Waals surface area contributed by atoms with Gasteiger partial charge in [-0.05, 0) is 30.7 Å². The minimum atomic E-state index is -3.16. The van der Waals surface area contributed by atoms with Gasteiger partial charge in [-0.25, -0.2) is 8.42 Å². The lowest BCUT2D eigenvalue weighted by Gasteiger charge is -2.22. The second kappa shape index (κ2) is 6.69. The summed E-state index contributed by atoms with van der Waals surface area (Å²) in [4.78, 5) is 13.0. The summed E-state index contributed by atoms with van der Waals surface area (Å²) >= 11 is 1.64. The molecule has 0 radical (unpaired) electrons. The zero-order valence-electron chi connectivity index (χ0n) is 11.5. The number of thiophene rings is 1. The number of sulfonamides is 1. The molecule has 1 fully saturated rings. The summed E-state index contributed by atoms with van der Waals surface area (Å²) < 4.78 is 24.7. The third kappa shape index (κ3) is 4.29. The number of rotatable bonds is 6. The van der Waals surface area contributed by atoms with Crippen LogP contribution in [0.25, 0.3) is 0 Å². The summed E-state index contributed by atoms with van der Waals surface area (Å²) in [5.41, 5.74) is 0. The maximum atomic E-state index is 11.8. The number of hydrogen-bond donors (Lipinski definition) is 1. The van der Waals surface area contributed by atoms with Gasteiger partial charge in [0.15, 0.2) is 0 Å². The largest absolute Gasteiger partial charge is 0.354 e. The van der Waals surface area contributed by atoms with E-state index in [1.165, 1.54) is 15.4 Å². The predicted octanol–water partition coefficient (Wildman–Crippen LogP) is 1.22. The normalized spacial score (nSPS) is 20.1. The van der Waals surface area contributed by atoms with Gasteiger partial charge >= 0.3 is 0 Å². The Morgan fingerprint density at radius 2 is 2.35 bits per heavy atom. The highest BCUT2D eigenvalue weighted by Gasteiger charge is 2.31. The van der Waals surface area contributed by atoms with Crippen molar-refractivity contribution in [2.75, 3.05) is 19.3 Å². The maximum Gasteiger partial charge on any atom is 0.220 e. The zero-order chi connectivity index (χ0) is 14.6. The Hall–Kier alpha value is -0.920. The van der Waals surface area contributed by atoms with Crippen LogP contribution in [0.3, 0.4) is 0 Å². The lowest BCUT2D eigenvalue weighted by molar-refractivity contribution is -0.121. The second-order valence-corrected chi connectivity index (χ2v) is 8.02. The Kier molecular flexibility index (Phi) is 5.17. The van der Waals surface area contributed by atoms with Gasteiger partial charge < -0.3 is 5.32 Å². The summed E-state index contributed by atoms with van der Waals surface area (Å²) in [6, 6.07) is 3.90. The number of amides is 1. The smallest absolute Gasteiger partial charge is 0.220 e. The Morgan fingerprint density at radius 3 is 3.00 bits per heavy atom. The predicted molar refractivity (Wildman–Crippen MR) is 80.2 cm³/mol. The van der Waals surface area contributed by atoms with Crippen LogP contribution in [0.1, 0.15) is 24.1 Å². The van der Waals surface area contributed by atoms with Gasteiger partial charge in [-0.1, -0.05) is 6.07 Å². The first kappa shape index (κ1) is 15.5. The Bertz CT molecular complexity index is 540. The average Bonchev–Trinajstić information content (AvgIpc) is 3.03.